The number of esters is 1. The molecule has 1 aliphatic carbocycles. The molecule has 0 spiro atoms. The van der Waals surface area contributed by atoms with Crippen LogP contribution in [0.4, 0.5) is 0 Å². The predicted molar refractivity (Wildman–Crippen MR) is 103 cm³/mol. The number of hydrogen-bond acceptors (Lipinski definition) is 3. The summed E-state index contributed by atoms with van der Waals surface area (Å²) in [5.74, 6) is -2.42. The van der Waals surface area contributed by atoms with E-state index in [1.165, 1.54) is 0 Å². The number of rotatable bonds is 6. The molecule has 0 heterocycles. The van der Waals surface area contributed by atoms with E-state index in [1.54, 1.807) is 36.4 Å². The van der Waals surface area contributed by atoms with Crippen molar-refractivity contribution in [1.29, 1.82) is 0 Å². The number of carbonyl (C=O) groups is 1. The van der Waals surface area contributed by atoms with Crippen molar-refractivity contribution in [3.05, 3.63) is 70.7 Å². The molecule has 2 atom stereocenters. The van der Waals surface area contributed by atoms with Gasteiger partial charge in [0.05, 0.1) is 5.92 Å². The van der Waals surface area contributed by atoms with E-state index in [1.807, 2.05) is 18.2 Å². The van der Waals surface area contributed by atoms with E-state index in [4.69, 9.17) is 40.9 Å². The molecule has 2 aromatic rings. The van der Waals surface area contributed by atoms with Gasteiger partial charge in [0.2, 0.25) is 0 Å². The highest BCUT2D eigenvalue weighted by molar-refractivity contribution is 6.55. The van der Waals surface area contributed by atoms with Gasteiger partial charge in [0.25, 0.3) is 0 Å². The van der Waals surface area contributed by atoms with Crippen LogP contribution in [-0.4, -0.2) is 5.97 Å². The quantitative estimate of drug-likeness (QED) is 0.552. The first-order valence-electron chi connectivity index (χ1n) is 10.9. The number of carbonyl (C=O) groups excluding carboxylic acids is 1. The molecule has 2 aromatic carbocycles. The molecule has 0 unspecified atom stereocenters. The van der Waals surface area contributed by atoms with Crippen molar-refractivity contribution in [3.8, 4) is 11.5 Å². The summed E-state index contributed by atoms with van der Waals surface area (Å²) in [6, 6.07) is 15.9. The van der Waals surface area contributed by atoms with Crippen molar-refractivity contribution in [3.63, 3.8) is 0 Å². The molecule has 1 fully saturated rings. The van der Waals surface area contributed by atoms with Crippen molar-refractivity contribution in [2.45, 2.75) is 20.3 Å². The van der Waals surface area contributed by atoms with E-state index in [0.29, 0.717) is 17.1 Å². The highest BCUT2D eigenvalue weighted by Crippen LogP contribution is 2.60. The van der Waals surface area contributed by atoms with E-state index < -0.39 is 36.9 Å². The minimum Gasteiger partial charge on any atom is -0.461 e. The highest BCUT2D eigenvalue weighted by Gasteiger charge is 2.61. The second kappa shape index (κ2) is 7.73. The average Bonchev–Trinajstić information content (AvgIpc) is 3.36. The molecule has 0 amide bonds. The normalized spacial score (nSPS) is 24.5. The summed E-state index contributed by atoms with van der Waals surface area (Å²) in [7, 11) is 0. The number of para-hydroxylation sites is 1. The zero-order valence-electron chi connectivity index (χ0n) is 19.6. The fourth-order valence-corrected chi connectivity index (χ4v) is 2.95. The molecule has 0 N–H and O–H groups in total. The lowest BCUT2D eigenvalue weighted by molar-refractivity contribution is -0.147. The van der Waals surface area contributed by atoms with Gasteiger partial charge in [-0.15, -0.1) is 0 Å². The van der Waals surface area contributed by atoms with Gasteiger partial charge in [-0.25, -0.2) is 0 Å². The Hall–Kier alpha value is -1.97. The molecule has 3 rings (SSSR count). The third kappa shape index (κ3) is 4.40. The van der Waals surface area contributed by atoms with Crippen molar-refractivity contribution < 1.29 is 22.5 Å². The molecular weight excluding hydrogens is 371 g/mol. The van der Waals surface area contributed by atoms with Gasteiger partial charge in [-0.3, -0.25) is 4.79 Å². The van der Waals surface area contributed by atoms with Crippen LogP contribution in [-0.2, 0) is 16.1 Å². The largest absolute Gasteiger partial charge is 0.461 e. The standard InChI is InChI=1S/C21H20Cl2O3/c1-21(2)17(12-18(22)23)19(21)20(24)25-13-14-7-6-10-16(11-14)26-15-8-4-3-5-9-15/h3-12,17,19H,13H2,1-2H3/t17-,19+/m1/s1/i1D3,2D3. The Labute approximate surface area is 172 Å². The summed E-state index contributed by atoms with van der Waals surface area (Å²) in [6.45, 7) is -6.12. The summed E-state index contributed by atoms with van der Waals surface area (Å²) < 4.78 is 57.6. The van der Waals surface area contributed by atoms with E-state index >= 15 is 0 Å². The monoisotopic (exact) mass is 396 g/mol. The maximum atomic E-state index is 12.8. The average molecular weight is 397 g/mol. The Morgan fingerprint density at radius 1 is 1.15 bits per heavy atom. The number of allylic oxidation sites excluding steroid dienone is 1. The number of benzene rings is 2. The van der Waals surface area contributed by atoms with Gasteiger partial charge >= 0.3 is 5.97 Å². The first kappa shape index (κ1) is 12.4. The first-order valence-corrected chi connectivity index (χ1v) is 8.65. The third-order valence-electron chi connectivity index (χ3n) is 4.08. The lowest BCUT2D eigenvalue weighted by Crippen LogP contribution is -2.10. The Morgan fingerprint density at radius 2 is 1.88 bits per heavy atom. The Bertz CT molecular complexity index is 987. The second-order valence-corrected chi connectivity index (χ2v) is 7.01. The molecular formula is C21H20Cl2O3. The lowest BCUT2D eigenvalue weighted by atomic mass is 10.1. The highest BCUT2D eigenvalue weighted by atomic mass is 35.5. The molecule has 0 bridgehead atoms. The number of hydrogen-bond donors (Lipinski definition) is 0. The first-order chi connectivity index (χ1) is 14.9. The molecule has 26 heavy (non-hydrogen) atoms. The fraction of sp³-hybridized carbons (Fsp3) is 0.286. The lowest BCUT2D eigenvalue weighted by Gasteiger charge is -2.09. The minimum atomic E-state index is -2.96. The van der Waals surface area contributed by atoms with Gasteiger partial charge in [0.1, 0.15) is 22.6 Å². The Morgan fingerprint density at radius 3 is 2.58 bits per heavy atom. The predicted octanol–water partition coefficient (Wildman–Crippen LogP) is 6.11. The smallest absolute Gasteiger partial charge is 0.310 e. The van der Waals surface area contributed by atoms with Crippen LogP contribution in [0.2, 0.25) is 0 Å². The maximum Gasteiger partial charge on any atom is 0.310 e. The van der Waals surface area contributed by atoms with E-state index in [-0.39, 0.29) is 11.1 Å². The van der Waals surface area contributed by atoms with Gasteiger partial charge in [0, 0.05) is 8.22 Å². The molecule has 0 aromatic heterocycles. The van der Waals surface area contributed by atoms with Crippen LogP contribution in [0.5, 0.6) is 11.5 Å². The van der Waals surface area contributed by atoms with Gasteiger partial charge in [-0.1, -0.05) is 67.2 Å². The maximum absolute atomic E-state index is 12.8. The van der Waals surface area contributed by atoms with E-state index in [0.717, 1.165) is 6.08 Å². The molecule has 1 aliphatic rings. The van der Waals surface area contributed by atoms with Crippen LogP contribution in [0.15, 0.2) is 65.2 Å². The summed E-state index contributed by atoms with van der Waals surface area (Å²) in [5.41, 5.74) is -1.73. The van der Waals surface area contributed by atoms with Crippen LogP contribution in [0, 0.1) is 17.3 Å². The Kier molecular flexibility index (Phi) is 3.69. The SMILES string of the molecule is [2H]C([2H])([2H])C1(C([2H])([2H])[2H])[C@H](C=C(Cl)Cl)[C@H]1C(=O)OCc1cccc(Oc2ccccc2)c1. The topological polar surface area (TPSA) is 35.5 Å². The molecule has 0 aliphatic heterocycles. The van der Waals surface area contributed by atoms with Crippen LogP contribution >= 0.6 is 23.2 Å². The summed E-state index contributed by atoms with van der Waals surface area (Å²) in [5, 5.41) is 0. The van der Waals surface area contributed by atoms with Crippen molar-refractivity contribution >= 4 is 29.2 Å². The Balaban J connectivity index is 1.76. The van der Waals surface area contributed by atoms with Crippen LogP contribution in [0.25, 0.3) is 0 Å². The zero-order chi connectivity index (χ0) is 23.7. The summed E-state index contributed by atoms with van der Waals surface area (Å²) >= 11 is 11.3. The van der Waals surface area contributed by atoms with Crippen molar-refractivity contribution in [2.75, 3.05) is 0 Å². The van der Waals surface area contributed by atoms with Gasteiger partial charge < -0.3 is 9.47 Å². The zero-order valence-corrected chi connectivity index (χ0v) is 15.1. The minimum absolute atomic E-state index is 0.190. The molecule has 136 valence electrons. The van der Waals surface area contributed by atoms with Gasteiger partial charge in [-0.2, -0.15) is 0 Å². The van der Waals surface area contributed by atoms with Crippen molar-refractivity contribution in [1.82, 2.24) is 0 Å². The van der Waals surface area contributed by atoms with Crippen LogP contribution in [0.3, 0.4) is 0 Å². The molecule has 0 saturated heterocycles. The van der Waals surface area contributed by atoms with Gasteiger partial charge in [0.15, 0.2) is 0 Å². The van der Waals surface area contributed by atoms with Crippen molar-refractivity contribution in [2.24, 2.45) is 17.3 Å². The molecule has 0 radical (unpaired) electrons. The van der Waals surface area contributed by atoms with Crippen LogP contribution in [0.1, 0.15) is 27.5 Å². The molecule has 3 nitrogen and oxygen atoms in total. The van der Waals surface area contributed by atoms with E-state index in [9.17, 15) is 4.79 Å². The summed E-state index contributed by atoms with van der Waals surface area (Å²) in [4.78, 5) is 12.8. The second-order valence-electron chi connectivity index (χ2n) is 6.00. The van der Waals surface area contributed by atoms with E-state index in [2.05, 4.69) is 0 Å². The third-order valence-corrected chi connectivity index (χ3v) is 4.34. The van der Waals surface area contributed by atoms with Gasteiger partial charge in [-0.05, 0) is 47.2 Å². The number of halogens is 2. The summed E-state index contributed by atoms with van der Waals surface area (Å²) in [6.07, 6.45) is 1.09. The molecule has 5 heteroatoms. The fourth-order valence-electron chi connectivity index (χ4n) is 2.68. The molecule has 1 saturated carbocycles. The van der Waals surface area contributed by atoms with Crippen LogP contribution < -0.4 is 4.74 Å². The number of ether oxygens (including phenoxy) is 2.